The maximum Gasteiger partial charge on any atom is 0.257 e. The zero-order valence-corrected chi connectivity index (χ0v) is 14.5. The van der Waals surface area contributed by atoms with Gasteiger partial charge in [0, 0.05) is 5.56 Å². The number of carbonyl (C=O) groups excluding carboxylic acids is 1. The standard InChI is InChI=1S/C18H18N2O3S/c1-11(2)23-13-6-4-12(5-7-13)17(21)20-18-19-15-9-8-14(22-3)10-16(15)24-18/h4-11H,1-3H3,(H,19,20,21). The van der Waals surface area contributed by atoms with E-state index in [4.69, 9.17) is 9.47 Å². The predicted octanol–water partition coefficient (Wildman–Crippen LogP) is 4.34. The van der Waals surface area contributed by atoms with Crippen molar-refractivity contribution in [3.8, 4) is 11.5 Å². The highest BCUT2D eigenvalue weighted by molar-refractivity contribution is 7.22. The number of amides is 1. The van der Waals surface area contributed by atoms with Crippen LogP contribution in [0.2, 0.25) is 0 Å². The summed E-state index contributed by atoms with van der Waals surface area (Å²) >= 11 is 1.41. The van der Waals surface area contributed by atoms with Crippen molar-refractivity contribution in [1.29, 1.82) is 0 Å². The lowest BCUT2D eigenvalue weighted by molar-refractivity contribution is 0.102. The summed E-state index contributed by atoms with van der Waals surface area (Å²) in [6.45, 7) is 3.92. The Morgan fingerprint density at radius 2 is 1.83 bits per heavy atom. The molecule has 124 valence electrons. The van der Waals surface area contributed by atoms with E-state index in [1.807, 2.05) is 32.0 Å². The molecule has 6 heteroatoms. The smallest absolute Gasteiger partial charge is 0.257 e. The number of aromatic nitrogens is 1. The van der Waals surface area contributed by atoms with Gasteiger partial charge >= 0.3 is 0 Å². The van der Waals surface area contributed by atoms with Crippen LogP contribution in [0.3, 0.4) is 0 Å². The number of benzene rings is 2. The number of thiazole rings is 1. The number of carbonyl (C=O) groups is 1. The fourth-order valence-corrected chi connectivity index (χ4v) is 3.10. The van der Waals surface area contributed by atoms with E-state index in [1.165, 1.54) is 11.3 Å². The molecule has 2 aromatic carbocycles. The molecular weight excluding hydrogens is 324 g/mol. The molecule has 0 saturated carbocycles. The van der Waals surface area contributed by atoms with E-state index in [2.05, 4.69) is 10.3 Å². The van der Waals surface area contributed by atoms with E-state index in [0.29, 0.717) is 10.7 Å². The van der Waals surface area contributed by atoms with Gasteiger partial charge in [0.1, 0.15) is 11.5 Å². The van der Waals surface area contributed by atoms with Gasteiger partial charge in [-0.25, -0.2) is 4.98 Å². The molecule has 3 rings (SSSR count). The van der Waals surface area contributed by atoms with Crippen LogP contribution in [0, 0.1) is 0 Å². The number of hydrogen-bond acceptors (Lipinski definition) is 5. The summed E-state index contributed by atoms with van der Waals surface area (Å²) in [4.78, 5) is 16.8. The molecule has 3 aromatic rings. The third-order valence-electron chi connectivity index (χ3n) is 3.30. The molecule has 0 aliphatic rings. The SMILES string of the molecule is COc1ccc2nc(NC(=O)c3ccc(OC(C)C)cc3)sc2c1. The second-order valence-corrected chi connectivity index (χ2v) is 6.53. The second kappa shape index (κ2) is 6.88. The van der Waals surface area contributed by atoms with Crippen LogP contribution in [0.25, 0.3) is 10.2 Å². The summed E-state index contributed by atoms with van der Waals surface area (Å²) in [7, 11) is 1.62. The lowest BCUT2D eigenvalue weighted by atomic mass is 10.2. The molecule has 0 fully saturated rings. The number of nitrogens with zero attached hydrogens (tertiary/aromatic N) is 1. The summed E-state index contributed by atoms with van der Waals surface area (Å²) in [5.41, 5.74) is 1.39. The molecule has 0 aliphatic carbocycles. The molecule has 24 heavy (non-hydrogen) atoms. The number of rotatable bonds is 5. The summed E-state index contributed by atoms with van der Waals surface area (Å²) in [6.07, 6.45) is 0.101. The van der Waals surface area contributed by atoms with Gasteiger partial charge in [0.25, 0.3) is 5.91 Å². The molecule has 0 spiro atoms. The average Bonchev–Trinajstić information content (AvgIpc) is 2.96. The van der Waals surface area contributed by atoms with E-state index < -0.39 is 0 Å². The van der Waals surface area contributed by atoms with E-state index >= 15 is 0 Å². The highest BCUT2D eigenvalue weighted by Crippen LogP contribution is 2.29. The van der Waals surface area contributed by atoms with Crippen LogP contribution in [0.15, 0.2) is 42.5 Å². The van der Waals surface area contributed by atoms with E-state index in [0.717, 1.165) is 21.7 Å². The zero-order valence-electron chi connectivity index (χ0n) is 13.7. The minimum absolute atomic E-state index is 0.101. The summed E-state index contributed by atoms with van der Waals surface area (Å²) < 4.78 is 11.7. The van der Waals surface area contributed by atoms with Crippen molar-refractivity contribution < 1.29 is 14.3 Å². The third-order valence-corrected chi connectivity index (χ3v) is 4.24. The van der Waals surface area contributed by atoms with Gasteiger partial charge < -0.3 is 9.47 Å². The van der Waals surface area contributed by atoms with E-state index in [-0.39, 0.29) is 12.0 Å². The Balaban J connectivity index is 1.74. The monoisotopic (exact) mass is 342 g/mol. The van der Waals surface area contributed by atoms with E-state index in [9.17, 15) is 4.79 Å². The first-order valence-electron chi connectivity index (χ1n) is 7.58. The fourth-order valence-electron chi connectivity index (χ4n) is 2.21. The second-order valence-electron chi connectivity index (χ2n) is 5.50. The average molecular weight is 342 g/mol. The fraction of sp³-hybridized carbons (Fsp3) is 0.222. The van der Waals surface area contributed by atoms with Crippen molar-refractivity contribution in [2.24, 2.45) is 0 Å². The van der Waals surface area contributed by atoms with Gasteiger partial charge in [0.05, 0.1) is 23.4 Å². The first kappa shape index (κ1) is 16.3. The Bertz CT molecular complexity index is 856. The van der Waals surface area contributed by atoms with Crippen LogP contribution >= 0.6 is 11.3 Å². The Hall–Kier alpha value is -2.60. The number of methoxy groups -OCH3 is 1. The van der Waals surface area contributed by atoms with Crippen molar-refractivity contribution in [3.05, 3.63) is 48.0 Å². The lowest BCUT2D eigenvalue weighted by Gasteiger charge is -2.09. The number of anilines is 1. The zero-order chi connectivity index (χ0) is 17.1. The quantitative estimate of drug-likeness (QED) is 0.749. The van der Waals surface area contributed by atoms with Crippen molar-refractivity contribution >= 4 is 32.6 Å². The normalized spacial score (nSPS) is 10.8. The number of ether oxygens (including phenoxy) is 2. The van der Waals surface area contributed by atoms with Crippen LogP contribution < -0.4 is 14.8 Å². The molecule has 0 unspecified atom stereocenters. The van der Waals surface area contributed by atoms with Crippen LogP contribution in [-0.2, 0) is 0 Å². The highest BCUT2D eigenvalue weighted by Gasteiger charge is 2.11. The minimum Gasteiger partial charge on any atom is -0.497 e. The van der Waals surface area contributed by atoms with Crippen molar-refractivity contribution in [3.63, 3.8) is 0 Å². The van der Waals surface area contributed by atoms with Gasteiger partial charge in [0.15, 0.2) is 5.13 Å². The van der Waals surface area contributed by atoms with Crippen LogP contribution in [0.4, 0.5) is 5.13 Å². The molecule has 1 amide bonds. The summed E-state index contributed by atoms with van der Waals surface area (Å²) in [6, 6.07) is 12.7. The lowest BCUT2D eigenvalue weighted by Crippen LogP contribution is -2.11. The molecular formula is C18H18N2O3S. The number of hydrogen-bond donors (Lipinski definition) is 1. The van der Waals surface area contributed by atoms with Crippen LogP contribution in [0.1, 0.15) is 24.2 Å². The summed E-state index contributed by atoms with van der Waals surface area (Å²) in [5, 5.41) is 3.39. The topological polar surface area (TPSA) is 60.5 Å². The Morgan fingerprint density at radius 1 is 1.12 bits per heavy atom. The first-order valence-corrected chi connectivity index (χ1v) is 8.39. The molecule has 0 aliphatic heterocycles. The molecule has 1 N–H and O–H groups in total. The van der Waals surface area contributed by atoms with Gasteiger partial charge in [0.2, 0.25) is 0 Å². The molecule has 1 aromatic heterocycles. The maximum atomic E-state index is 12.3. The van der Waals surface area contributed by atoms with Gasteiger partial charge in [-0.2, -0.15) is 0 Å². The van der Waals surface area contributed by atoms with Gasteiger partial charge in [-0.15, -0.1) is 0 Å². The Kier molecular flexibility index (Phi) is 4.66. The van der Waals surface area contributed by atoms with Crippen LogP contribution in [-0.4, -0.2) is 24.1 Å². The molecule has 5 nitrogen and oxygen atoms in total. The van der Waals surface area contributed by atoms with Crippen molar-refractivity contribution in [1.82, 2.24) is 4.98 Å². The predicted molar refractivity (Wildman–Crippen MR) is 96.3 cm³/mol. The Morgan fingerprint density at radius 3 is 2.50 bits per heavy atom. The molecule has 0 radical (unpaired) electrons. The molecule has 0 saturated heterocycles. The Labute approximate surface area is 144 Å². The molecule has 0 atom stereocenters. The largest absolute Gasteiger partial charge is 0.497 e. The van der Waals surface area contributed by atoms with Crippen molar-refractivity contribution in [2.75, 3.05) is 12.4 Å². The van der Waals surface area contributed by atoms with Crippen molar-refractivity contribution in [2.45, 2.75) is 20.0 Å². The molecule has 0 bridgehead atoms. The van der Waals surface area contributed by atoms with Crippen LogP contribution in [0.5, 0.6) is 11.5 Å². The van der Waals surface area contributed by atoms with Gasteiger partial charge in [-0.1, -0.05) is 11.3 Å². The highest BCUT2D eigenvalue weighted by atomic mass is 32.1. The van der Waals surface area contributed by atoms with Gasteiger partial charge in [-0.3, -0.25) is 10.1 Å². The maximum absolute atomic E-state index is 12.3. The molecule has 1 heterocycles. The van der Waals surface area contributed by atoms with Gasteiger partial charge in [-0.05, 0) is 56.3 Å². The van der Waals surface area contributed by atoms with E-state index in [1.54, 1.807) is 31.4 Å². The number of nitrogens with one attached hydrogen (secondary N) is 1. The summed E-state index contributed by atoms with van der Waals surface area (Å²) in [5.74, 6) is 1.32. The first-order chi connectivity index (χ1) is 11.5. The third kappa shape index (κ3) is 3.65. The number of fused-ring (bicyclic) bond motifs is 1. The minimum atomic E-state index is -0.197.